The molecule has 0 aromatic heterocycles. The zero-order chi connectivity index (χ0) is 18.2. The Balaban J connectivity index is 2.14. The highest BCUT2D eigenvalue weighted by atomic mass is 35.5. The average Bonchev–Trinajstić information content (AvgIpc) is 3.27. The van der Waals surface area contributed by atoms with E-state index in [1.54, 1.807) is 42.5 Å². The summed E-state index contributed by atoms with van der Waals surface area (Å²) in [6.07, 6.45) is 0. The fourth-order valence-electron chi connectivity index (χ4n) is 3.52. The second-order valence-electron chi connectivity index (χ2n) is 6.09. The Morgan fingerprint density at radius 2 is 1.88 bits per heavy atom. The fourth-order valence-corrected chi connectivity index (χ4v) is 6.09. The van der Waals surface area contributed by atoms with Crippen LogP contribution in [0.4, 0.5) is 0 Å². The number of hydrogen-bond acceptors (Lipinski definition) is 4. The Morgan fingerprint density at radius 1 is 1.20 bits per heavy atom. The quantitative estimate of drug-likeness (QED) is 0.833. The van der Waals surface area contributed by atoms with Crippen LogP contribution in [-0.4, -0.2) is 38.5 Å². The van der Waals surface area contributed by atoms with E-state index in [-0.39, 0.29) is 11.5 Å². The van der Waals surface area contributed by atoms with E-state index < -0.39 is 32.4 Å². The van der Waals surface area contributed by atoms with Gasteiger partial charge >= 0.3 is 5.97 Å². The molecule has 0 amide bonds. The number of methoxy groups -OCH3 is 1. The first-order valence-electron chi connectivity index (χ1n) is 7.62. The molecule has 1 N–H and O–H groups in total. The predicted molar refractivity (Wildman–Crippen MR) is 93.6 cm³/mol. The smallest absolute Gasteiger partial charge is 0.314 e. The summed E-state index contributed by atoms with van der Waals surface area (Å²) in [4.78, 5) is 12.2. The van der Waals surface area contributed by atoms with Crippen molar-refractivity contribution >= 4 is 27.4 Å². The Morgan fingerprint density at radius 3 is 2.44 bits per heavy atom. The molecule has 3 rings (SSSR count). The molecule has 0 bridgehead atoms. The number of halogens is 1. The predicted octanol–water partition coefficient (Wildman–Crippen LogP) is 3.00. The number of carbonyl (C=O) groups is 1. The van der Waals surface area contributed by atoms with E-state index in [0.29, 0.717) is 10.6 Å². The Bertz CT molecular complexity index is 897. The monoisotopic (exact) mass is 380 g/mol. The van der Waals surface area contributed by atoms with Gasteiger partial charge in [0.05, 0.1) is 16.8 Å². The van der Waals surface area contributed by atoms with Gasteiger partial charge in [-0.2, -0.15) is 0 Å². The van der Waals surface area contributed by atoms with Crippen molar-refractivity contribution in [2.75, 3.05) is 13.7 Å². The molecule has 1 aliphatic carbocycles. The summed E-state index contributed by atoms with van der Waals surface area (Å²) in [6.45, 7) is -0.198. The second-order valence-corrected chi connectivity index (χ2v) is 8.60. The van der Waals surface area contributed by atoms with Crippen LogP contribution in [-0.2, 0) is 19.4 Å². The lowest BCUT2D eigenvalue weighted by atomic mass is 10.00. The number of carboxylic acids is 1. The first kappa shape index (κ1) is 17.9. The van der Waals surface area contributed by atoms with Gasteiger partial charge in [-0.25, -0.2) is 8.42 Å². The van der Waals surface area contributed by atoms with Gasteiger partial charge in [0.1, 0.15) is 5.41 Å². The van der Waals surface area contributed by atoms with Gasteiger partial charge in [-0.05, 0) is 29.8 Å². The van der Waals surface area contributed by atoms with Crippen molar-refractivity contribution in [3.63, 3.8) is 0 Å². The van der Waals surface area contributed by atoms with Crippen LogP contribution in [0.1, 0.15) is 11.5 Å². The lowest BCUT2D eigenvalue weighted by molar-refractivity contribution is -0.145. The molecule has 1 saturated carbocycles. The van der Waals surface area contributed by atoms with Crippen LogP contribution in [0.25, 0.3) is 0 Å². The summed E-state index contributed by atoms with van der Waals surface area (Å²) in [5.74, 6) is -1.92. The first-order valence-corrected chi connectivity index (χ1v) is 9.55. The lowest BCUT2D eigenvalue weighted by Crippen LogP contribution is -2.28. The van der Waals surface area contributed by atoms with Crippen LogP contribution < -0.4 is 0 Å². The number of carboxylic acid groups (broad SMARTS) is 1. The van der Waals surface area contributed by atoms with Crippen LogP contribution >= 0.6 is 11.6 Å². The Labute approximate surface area is 151 Å². The van der Waals surface area contributed by atoms with E-state index in [0.717, 1.165) is 0 Å². The van der Waals surface area contributed by atoms with Gasteiger partial charge in [-0.1, -0.05) is 41.9 Å². The number of sulfone groups is 1. The molecular weight excluding hydrogens is 364 g/mol. The van der Waals surface area contributed by atoms with Crippen molar-refractivity contribution < 1.29 is 23.1 Å². The highest BCUT2D eigenvalue weighted by Crippen LogP contribution is 2.64. The minimum atomic E-state index is -3.85. The molecule has 2 aromatic rings. The molecule has 0 spiro atoms. The largest absolute Gasteiger partial charge is 0.481 e. The van der Waals surface area contributed by atoms with Crippen molar-refractivity contribution in [2.45, 2.75) is 16.1 Å². The summed E-state index contributed by atoms with van der Waals surface area (Å²) in [7, 11) is -2.49. The second kappa shape index (κ2) is 6.44. The van der Waals surface area contributed by atoms with Gasteiger partial charge in [0.15, 0.2) is 9.84 Å². The van der Waals surface area contributed by atoms with E-state index in [4.69, 9.17) is 16.3 Å². The van der Waals surface area contributed by atoms with Gasteiger partial charge in [0, 0.05) is 18.1 Å². The maximum absolute atomic E-state index is 13.1. The number of hydrogen-bond donors (Lipinski definition) is 1. The highest BCUT2D eigenvalue weighted by molar-refractivity contribution is 7.92. The maximum Gasteiger partial charge on any atom is 0.314 e. The van der Waals surface area contributed by atoms with Crippen molar-refractivity contribution in [1.29, 1.82) is 0 Å². The molecule has 2 aromatic carbocycles. The summed E-state index contributed by atoms with van der Waals surface area (Å²) in [6, 6.07) is 14.5. The molecule has 132 valence electrons. The molecule has 3 atom stereocenters. The van der Waals surface area contributed by atoms with Crippen molar-refractivity contribution in [1.82, 2.24) is 0 Å². The van der Waals surface area contributed by atoms with Crippen LogP contribution in [0.5, 0.6) is 0 Å². The van der Waals surface area contributed by atoms with E-state index in [1.807, 2.05) is 0 Å². The Hall–Kier alpha value is -1.89. The molecule has 0 radical (unpaired) electrons. The third-order valence-electron chi connectivity index (χ3n) is 4.65. The summed E-state index contributed by atoms with van der Waals surface area (Å²) < 4.78 is 31.3. The molecule has 7 heteroatoms. The molecule has 1 fully saturated rings. The standard InChI is InChI=1S/C18H17ClO5S/c1-24-11-18(17(20)21)15(12-6-5-7-13(19)10-12)16(18)25(22,23)14-8-3-2-4-9-14/h2-10,15-16H,11H2,1H3,(H,20,21)/t15-,16+,18+/m1/s1. The van der Waals surface area contributed by atoms with Crippen molar-refractivity contribution in [3.8, 4) is 0 Å². The SMILES string of the molecule is COC[C@]1(C(=O)O)[C@H](c2cccc(Cl)c2)[C@@H]1S(=O)(=O)c1ccccc1. The van der Waals surface area contributed by atoms with Crippen LogP contribution in [0.15, 0.2) is 59.5 Å². The van der Waals surface area contributed by atoms with Crippen LogP contribution in [0.2, 0.25) is 5.02 Å². The van der Waals surface area contributed by atoms with Gasteiger partial charge in [0.2, 0.25) is 0 Å². The minimum absolute atomic E-state index is 0.103. The molecule has 25 heavy (non-hydrogen) atoms. The highest BCUT2D eigenvalue weighted by Gasteiger charge is 2.76. The lowest BCUT2D eigenvalue weighted by Gasteiger charge is -2.12. The zero-order valence-corrected chi connectivity index (χ0v) is 15.0. The molecule has 1 aliphatic rings. The molecule has 0 unspecified atom stereocenters. The molecule has 0 saturated heterocycles. The summed E-state index contributed by atoms with van der Waals surface area (Å²) >= 11 is 6.02. The van der Waals surface area contributed by atoms with Gasteiger partial charge in [-0.3, -0.25) is 4.79 Å². The van der Waals surface area contributed by atoms with E-state index in [2.05, 4.69) is 0 Å². The number of ether oxygens (including phenoxy) is 1. The molecule has 0 aliphatic heterocycles. The van der Waals surface area contributed by atoms with Crippen molar-refractivity contribution in [2.24, 2.45) is 5.41 Å². The number of benzene rings is 2. The van der Waals surface area contributed by atoms with Gasteiger partial charge in [0.25, 0.3) is 0 Å². The molecular formula is C18H17ClO5S. The third-order valence-corrected chi connectivity index (χ3v) is 7.18. The van der Waals surface area contributed by atoms with Gasteiger partial charge < -0.3 is 9.84 Å². The number of rotatable bonds is 6. The zero-order valence-electron chi connectivity index (χ0n) is 13.4. The van der Waals surface area contributed by atoms with Crippen LogP contribution in [0.3, 0.4) is 0 Å². The fraction of sp³-hybridized carbons (Fsp3) is 0.278. The molecule has 5 nitrogen and oxygen atoms in total. The Kier molecular flexibility index (Phi) is 4.62. The van der Waals surface area contributed by atoms with E-state index in [1.165, 1.54) is 19.2 Å². The normalized spacial score (nSPS) is 25.5. The third kappa shape index (κ3) is 2.84. The first-order chi connectivity index (χ1) is 11.9. The average molecular weight is 381 g/mol. The van der Waals surface area contributed by atoms with E-state index in [9.17, 15) is 18.3 Å². The topological polar surface area (TPSA) is 80.7 Å². The minimum Gasteiger partial charge on any atom is -0.481 e. The summed E-state index contributed by atoms with van der Waals surface area (Å²) in [5.41, 5.74) is -0.954. The van der Waals surface area contributed by atoms with E-state index >= 15 is 0 Å². The molecule has 0 heterocycles. The van der Waals surface area contributed by atoms with Gasteiger partial charge in [-0.15, -0.1) is 0 Å². The van der Waals surface area contributed by atoms with Crippen molar-refractivity contribution in [3.05, 3.63) is 65.2 Å². The number of aliphatic carboxylic acids is 1. The van der Waals surface area contributed by atoms with Crippen LogP contribution in [0, 0.1) is 5.41 Å². The maximum atomic E-state index is 13.1. The summed E-state index contributed by atoms with van der Waals surface area (Å²) in [5, 5.41) is 9.15.